The molecule has 0 unspecified atom stereocenters. The van der Waals surface area contributed by atoms with Crippen molar-refractivity contribution in [1.82, 2.24) is 4.98 Å². The van der Waals surface area contributed by atoms with Gasteiger partial charge in [-0.15, -0.1) is 0 Å². The Labute approximate surface area is 55.1 Å². The second kappa shape index (κ2) is 2.44. The van der Waals surface area contributed by atoms with Crippen molar-refractivity contribution in [2.75, 3.05) is 0 Å². The van der Waals surface area contributed by atoms with Gasteiger partial charge >= 0.3 is 0 Å². The van der Waals surface area contributed by atoms with E-state index in [1.54, 1.807) is 12.4 Å². The normalized spacial score (nSPS) is 9.00. The van der Waals surface area contributed by atoms with E-state index in [1.807, 2.05) is 12.1 Å². The average Bonchev–Trinajstić information content (AvgIpc) is 1.90. The van der Waals surface area contributed by atoms with Gasteiger partial charge in [0.15, 0.2) is 0 Å². The molecule has 0 aliphatic rings. The quantitative estimate of drug-likeness (QED) is 0.549. The summed E-state index contributed by atoms with van der Waals surface area (Å²) in [5.74, 6) is 0. The monoisotopic (exact) mass is 118 g/mol. The predicted molar refractivity (Wildman–Crippen MR) is 38.6 cm³/mol. The Bertz CT molecular complexity index is 201. The molecule has 0 aliphatic heterocycles. The molecule has 0 aromatic carbocycles. The summed E-state index contributed by atoms with van der Waals surface area (Å²) in [7, 11) is 0. The van der Waals surface area contributed by atoms with Gasteiger partial charge in [0, 0.05) is 12.4 Å². The fourth-order valence-corrected chi connectivity index (χ4v) is 0.588. The molecule has 0 atom stereocenters. The summed E-state index contributed by atoms with van der Waals surface area (Å²) >= 11 is 0. The molecule has 0 N–H and O–H groups in total. The maximum atomic E-state index is 3.86. The second-order valence-electron chi connectivity index (χ2n) is 1.84. The van der Waals surface area contributed by atoms with Crippen LogP contribution >= 0.6 is 0 Å². The van der Waals surface area contributed by atoms with Crippen LogP contribution in [0.2, 0.25) is 0 Å². The van der Waals surface area contributed by atoms with Crippen LogP contribution in [-0.4, -0.2) is 4.98 Å². The lowest BCUT2D eigenvalue weighted by Crippen LogP contribution is -1.76. The first kappa shape index (κ1) is 6.02. The van der Waals surface area contributed by atoms with Crippen LogP contribution in [0.3, 0.4) is 0 Å². The van der Waals surface area contributed by atoms with Crippen LogP contribution in [0, 0.1) is 6.92 Å². The fraction of sp³-hybridized carbons (Fsp3) is 0. The number of nitrogens with zero attached hydrogens (tertiary/aromatic N) is 1. The summed E-state index contributed by atoms with van der Waals surface area (Å²) in [4.78, 5) is 3.86. The molecule has 0 bridgehead atoms. The number of rotatable bonds is 1. The van der Waals surface area contributed by atoms with Gasteiger partial charge in [-0.3, -0.25) is 4.98 Å². The van der Waals surface area contributed by atoms with Gasteiger partial charge in [0.2, 0.25) is 0 Å². The van der Waals surface area contributed by atoms with Crippen molar-refractivity contribution in [3.05, 3.63) is 43.6 Å². The van der Waals surface area contributed by atoms with Crippen LogP contribution in [0.5, 0.6) is 0 Å². The Kier molecular flexibility index (Phi) is 1.63. The minimum absolute atomic E-state index is 0.831. The topological polar surface area (TPSA) is 12.9 Å². The minimum Gasteiger partial charge on any atom is -0.265 e. The van der Waals surface area contributed by atoms with E-state index in [9.17, 15) is 0 Å². The third-order valence-electron chi connectivity index (χ3n) is 1.09. The van der Waals surface area contributed by atoms with Crippen molar-refractivity contribution < 1.29 is 0 Å². The first-order valence-corrected chi connectivity index (χ1v) is 2.72. The van der Waals surface area contributed by atoms with E-state index < -0.39 is 0 Å². The van der Waals surface area contributed by atoms with Crippen molar-refractivity contribution >= 4 is 5.57 Å². The molecule has 1 heterocycles. The maximum Gasteiger partial charge on any atom is 0.0273 e. The number of aromatic nitrogens is 1. The van der Waals surface area contributed by atoms with E-state index in [4.69, 9.17) is 0 Å². The highest BCUT2D eigenvalue weighted by atomic mass is 14.6. The fourth-order valence-electron chi connectivity index (χ4n) is 0.588. The van der Waals surface area contributed by atoms with E-state index in [0.717, 1.165) is 11.1 Å². The van der Waals surface area contributed by atoms with E-state index in [2.05, 4.69) is 18.5 Å². The van der Waals surface area contributed by atoms with Crippen LogP contribution in [-0.2, 0) is 0 Å². The smallest absolute Gasteiger partial charge is 0.0273 e. The van der Waals surface area contributed by atoms with E-state index in [0.29, 0.717) is 0 Å². The number of hydrogen-bond acceptors (Lipinski definition) is 1. The number of allylic oxidation sites excluding steroid dienone is 1. The zero-order valence-corrected chi connectivity index (χ0v) is 5.17. The van der Waals surface area contributed by atoms with Crippen molar-refractivity contribution in [2.45, 2.75) is 0 Å². The van der Waals surface area contributed by atoms with Gasteiger partial charge < -0.3 is 0 Å². The Morgan fingerprint density at radius 1 is 1.33 bits per heavy atom. The Hall–Kier alpha value is -1.11. The van der Waals surface area contributed by atoms with Gasteiger partial charge in [0.1, 0.15) is 0 Å². The Morgan fingerprint density at radius 3 is 2.22 bits per heavy atom. The zero-order chi connectivity index (χ0) is 6.69. The largest absolute Gasteiger partial charge is 0.265 e. The molecule has 1 radical (unpaired) electrons. The third-order valence-corrected chi connectivity index (χ3v) is 1.09. The SMILES string of the molecule is [CH2]C(=C)c1ccncc1. The second-order valence-corrected chi connectivity index (χ2v) is 1.84. The molecule has 0 spiro atoms. The van der Waals surface area contributed by atoms with Crippen LogP contribution in [0.25, 0.3) is 5.57 Å². The summed E-state index contributed by atoms with van der Waals surface area (Å²) in [5, 5.41) is 0. The molecule has 1 rings (SSSR count). The Balaban J connectivity index is 2.98. The third kappa shape index (κ3) is 1.39. The molecule has 0 aliphatic carbocycles. The van der Waals surface area contributed by atoms with Gasteiger partial charge in [-0.25, -0.2) is 0 Å². The van der Waals surface area contributed by atoms with Crippen molar-refractivity contribution in [3.8, 4) is 0 Å². The molecule has 0 saturated heterocycles. The van der Waals surface area contributed by atoms with E-state index >= 15 is 0 Å². The lowest BCUT2D eigenvalue weighted by atomic mass is 10.1. The van der Waals surface area contributed by atoms with Gasteiger partial charge in [-0.05, 0) is 30.2 Å². The summed E-state index contributed by atoms with van der Waals surface area (Å²) in [5.41, 5.74) is 1.88. The standard InChI is InChI=1S/C8H8N/c1-7(2)8-3-5-9-6-4-8/h3-6H,1-2H2. The minimum atomic E-state index is 0.831. The molecular formula is C8H8N. The van der Waals surface area contributed by atoms with Crippen LogP contribution in [0.1, 0.15) is 5.56 Å². The molecule has 9 heavy (non-hydrogen) atoms. The molecule has 0 saturated carbocycles. The van der Waals surface area contributed by atoms with Crippen molar-refractivity contribution in [2.24, 2.45) is 0 Å². The van der Waals surface area contributed by atoms with Gasteiger partial charge in [-0.2, -0.15) is 0 Å². The van der Waals surface area contributed by atoms with E-state index in [1.165, 1.54) is 0 Å². The highest BCUT2D eigenvalue weighted by molar-refractivity contribution is 5.65. The lowest BCUT2D eigenvalue weighted by molar-refractivity contribution is 1.32. The summed E-state index contributed by atoms with van der Waals surface area (Å²) in [6.45, 7) is 7.37. The van der Waals surface area contributed by atoms with Crippen LogP contribution in [0.15, 0.2) is 31.1 Å². The highest BCUT2D eigenvalue weighted by Gasteiger charge is 1.87. The van der Waals surface area contributed by atoms with Crippen LogP contribution in [0.4, 0.5) is 0 Å². The van der Waals surface area contributed by atoms with Gasteiger partial charge in [-0.1, -0.05) is 6.58 Å². The van der Waals surface area contributed by atoms with Crippen molar-refractivity contribution in [1.29, 1.82) is 0 Å². The van der Waals surface area contributed by atoms with Crippen LogP contribution < -0.4 is 0 Å². The average molecular weight is 118 g/mol. The summed E-state index contributed by atoms with van der Waals surface area (Å²) < 4.78 is 0. The number of pyridine rings is 1. The molecule has 0 fully saturated rings. The maximum absolute atomic E-state index is 3.86. The van der Waals surface area contributed by atoms with Crippen molar-refractivity contribution in [3.63, 3.8) is 0 Å². The zero-order valence-electron chi connectivity index (χ0n) is 5.17. The number of hydrogen-bond donors (Lipinski definition) is 0. The summed E-state index contributed by atoms with van der Waals surface area (Å²) in [6.07, 6.45) is 3.46. The molecule has 0 amide bonds. The summed E-state index contributed by atoms with van der Waals surface area (Å²) in [6, 6.07) is 3.77. The Morgan fingerprint density at radius 2 is 1.89 bits per heavy atom. The molecule has 1 heteroatoms. The first-order valence-electron chi connectivity index (χ1n) is 2.72. The predicted octanol–water partition coefficient (Wildman–Crippen LogP) is 1.93. The molecule has 1 aromatic heterocycles. The highest BCUT2D eigenvalue weighted by Crippen LogP contribution is 2.06. The first-order chi connectivity index (χ1) is 4.30. The van der Waals surface area contributed by atoms with E-state index in [-0.39, 0.29) is 0 Å². The van der Waals surface area contributed by atoms with Gasteiger partial charge in [0.05, 0.1) is 0 Å². The molecule has 1 nitrogen and oxygen atoms in total. The molecular weight excluding hydrogens is 110 g/mol. The molecule has 45 valence electrons. The lowest BCUT2D eigenvalue weighted by Gasteiger charge is -1.94. The molecule has 1 aromatic rings. The van der Waals surface area contributed by atoms with Gasteiger partial charge in [0.25, 0.3) is 0 Å².